The van der Waals surface area contributed by atoms with Gasteiger partial charge in [0.2, 0.25) is 11.8 Å². The summed E-state index contributed by atoms with van der Waals surface area (Å²) in [7, 11) is 0. The number of rotatable bonds is 5. The van der Waals surface area contributed by atoms with Crippen LogP contribution in [0.4, 0.5) is 0 Å². The van der Waals surface area contributed by atoms with Crippen molar-refractivity contribution in [2.45, 2.75) is 64.6 Å². The number of nitrogens with zero attached hydrogens (tertiary/aromatic N) is 3. The van der Waals surface area contributed by atoms with E-state index in [0.717, 1.165) is 44.1 Å². The van der Waals surface area contributed by atoms with Crippen LogP contribution in [-0.2, 0) is 13.0 Å². The van der Waals surface area contributed by atoms with Crippen molar-refractivity contribution in [2.75, 3.05) is 6.54 Å². The molecule has 1 heterocycles. The summed E-state index contributed by atoms with van der Waals surface area (Å²) >= 11 is 0. The molecule has 5 nitrogen and oxygen atoms in total. The standard InChI is InChI=1S/C13H24N4O/c1-3-12-15-16-13(18-12)9-17(4-2)11-7-5-10(14)6-8-11/h10-11H,3-9,14H2,1-2H3. The molecule has 0 atom stereocenters. The fourth-order valence-electron chi connectivity index (χ4n) is 2.63. The van der Waals surface area contributed by atoms with Gasteiger partial charge >= 0.3 is 0 Å². The van der Waals surface area contributed by atoms with Gasteiger partial charge in [0.1, 0.15) is 0 Å². The number of hydrogen-bond donors (Lipinski definition) is 1. The fourth-order valence-corrected chi connectivity index (χ4v) is 2.63. The summed E-state index contributed by atoms with van der Waals surface area (Å²) in [5, 5.41) is 8.12. The normalized spacial score (nSPS) is 24.7. The Morgan fingerprint density at radius 2 is 1.83 bits per heavy atom. The lowest BCUT2D eigenvalue weighted by molar-refractivity contribution is 0.136. The average Bonchev–Trinajstić information content (AvgIpc) is 2.85. The summed E-state index contributed by atoms with van der Waals surface area (Å²) in [5.74, 6) is 1.47. The predicted octanol–water partition coefficient (Wildman–Crippen LogP) is 1.72. The number of nitrogens with two attached hydrogens (primary N) is 1. The van der Waals surface area contributed by atoms with Crippen LogP contribution in [0.5, 0.6) is 0 Å². The van der Waals surface area contributed by atoms with Crippen LogP contribution in [0, 0.1) is 0 Å². The predicted molar refractivity (Wildman–Crippen MR) is 70.0 cm³/mol. The molecule has 0 radical (unpaired) electrons. The van der Waals surface area contributed by atoms with Gasteiger partial charge in [0.05, 0.1) is 6.54 Å². The summed E-state index contributed by atoms with van der Waals surface area (Å²) in [6.45, 7) is 6.00. The monoisotopic (exact) mass is 252 g/mol. The average molecular weight is 252 g/mol. The van der Waals surface area contributed by atoms with Crippen molar-refractivity contribution >= 4 is 0 Å². The summed E-state index contributed by atoms with van der Waals surface area (Å²) in [6, 6.07) is 1.02. The lowest BCUT2D eigenvalue weighted by Gasteiger charge is -2.34. The third kappa shape index (κ3) is 3.29. The highest BCUT2D eigenvalue weighted by molar-refractivity contribution is 4.86. The highest BCUT2D eigenvalue weighted by atomic mass is 16.4. The van der Waals surface area contributed by atoms with E-state index in [4.69, 9.17) is 10.2 Å². The van der Waals surface area contributed by atoms with E-state index in [9.17, 15) is 0 Å². The second-order valence-electron chi connectivity index (χ2n) is 5.07. The zero-order valence-corrected chi connectivity index (χ0v) is 11.4. The van der Waals surface area contributed by atoms with Gasteiger partial charge in [0, 0.05) is 18.5 Å². The smallest absolute Gasteiger partial charge is 0.230 e. The van der Waals surface area contributed by atoms with Crippen LogP contribution in [0.3, 0.4) is 0 Å². The third-order valence-electron chi connectivity index (χ3n) is 3.81. The topological polar surface area (TPSA) is 68.2 Å². The lowest BCUT2D eigenvalue weighted by atomic mass is 9.91. The Morgan fingerprint density at radius 3 is 2.39 bits per heavy atom. The van der Waals surface area contributed by atoms with Crippen LogP contribution in [-0.4, -0.2) is 33.7 Å². The quantitative estimate of drug-likeness (QED) is 0.864. The zero-order valence-electron chi connectivity index (χ0n) is 11.4. The van der Waals surface area contributed by atoms with Gasteiger partial charge in [-0.1, -0.05) is 13.8 Å². The molecular formula is C13H24N4O. The van der Waals surface area contributed by atoms with E-state index in [0.29, 0.717) is 12.1 Å². The van der Waals surface area contributed by atoms with Crippen LogP contribution in [0.25, 0.3) is 0 Å². The Kier molecular flexibility index (Phi) is 4.72. The van der Waals surface area contributed by atoms with Gasteiger partial charge in [-0.15, -0.1) is 10.2 Å². The van der Waals surface area contributed by atoms with Crippen molar-refractivity contribution in [2.24, 2.45) is 5.73 Å². The van der Waals surface area contributed by atoms with E-state index < -0.39 is 0 Å². The van der Waals surface area contributed by atoms with Gasteiger partial charge in [-0.25, -0.2) is 0 Å². The Labute approximate surface area is 109 Å². The minimum Gasteiger partial charge on any atom is -0.424 e. The molecule has 1 aliphatic carbocycles. The van der Waals surface area contributed by atoms with Gasteiger partial charge in [0.25, 0.3) is 0 Å². The molecule has 18 heavy (non-hydrogen) atoms. The van der Waals surface area contributed by atoms with Crippen LogP contribution in [0.1, 0.15) is 51.3 Å². The maximum atomic E-state index is 5.95. The zero-order chi connectivity index (χ0) is 13.0. The molecule has 0 saturated heterocycles. The van der Waals surface area contributed by atoms with E-state index in [1.807, 2.05) is 6.92 Å². The maximum Gasteiger partial charge on any atom is 0.230 e. The first-order valence-electron chi connectivity index (χ1n) is 7.03. The summed E-state index contributed by atoms with van der Waals surface area (Å²) in [5.41, 5.74) is 5.95. The molecule has 0 aromatic carbocycles. The van der Waals surface area contributed by atoms with Crippen molar-refractivity contribution in [3.8, 4) is 0 Å². The molecule has 1 saturated carbocycles. The van der Waals surface area contributed by atoms with Gasteiger partial charge in [-0.05, 0) is 32.2 Å². The molecule has 0 bridgehead atoms. The van der Waals surface area contributed by atoms with E-state index in [1.165, 1.54) is 12.8 Å². The fraction of sp³-hybridized carbons (Fsp3) is 0.846. The summed E-state index contributed by atoms with van der Waals surface area (Å²) < 4.78 is 5.59. The number of hydrogen-bond acceptors (Lipinski definition) is 5. The highest BCUT2D eigenvalue weighted by Gasteiger charge is 2.24. The largest absolute Gasteiger partial charge is 0.424 e. The van der Waals surface area contributed by atoms with Gasteiger partial charge < -0.3 is 10.2 Å². The molecule has 1 aromatic heterocycles. The summed E-state index contributed by atoms with van der Waals surface area (Å²) in [4.78, 5) is 2.43. The third-order valence-corrected chi connectivity index (χ3v) is 3.81. The molecular weight excluding hydrogens is 228 g/mol. The van der Waals surface area contributed by atoms with Gasteiger partial charge in [-0.2, -0.15) is 0 Å². The summed E-state index contributed by atoms with van der Waals surface area (Å²) in [6.07, 6.45) is 5.43. The van der Waals surface area contributed by atoms with Crippen LogP contribution in [0.15, 0.2) is 4.42 Å². The van der Waals surface area contributed by atoms with E-state index >= 15 is 0 Å². The molecule has 2 N–H and O–H groups in total. The van der Waals surface area contributed by atoms with E-state index in [-0.39, 0.29) is 0 Å². The molecule has 2 rings (SSSR count). The van der Waals surface area contributed by atoms with Crippen molar-refractivity contribution in [3.63, 3.8) is 0 Å². The van der Waals surface area contributed by atoms with Crippen molar-refractivity contribution in [3.05, 3.63) is 11.8 Å². The van der Waals surface area contributed by atoms with Crippen molar-refractivity contribution in [1.82, 2.24) is 15.1 Å². The molecule has 1 aliphatic rings. The van der Waals surface area contributed by atoms with Crippen LogP contribution >= 0.6 is 0 Å². The van der Waals surface area contributed by atoms with E-state index in [1.54, 1.807) is 0 Å². The second kappa shape index (κ2) is 6.29. The van der Waals surface area contributed by atoms with Gasteiger partial charge in [-0.3, -0.25) is 4.90 Å². The van der Waals surface area contributed by atoms with E-state index in [2.05, 4.69) is 22.0 Å². The second-order valence-corrected chi connectivity index (χ2v) is 5.07. The first-order valence-corrected chi connectivity index (χ1v) is 7.03. The molecule has 0 spiro atoms. The molecule has 102 valence electrons. The molecule has 0 unspecified atom stereocenters. The number of aryl methyl sites for hydroxylation is 1. The minimum atomic E-state index is 0.398. The Morgan fingerprint density at radius 1 is 1.17 bits per heavy atom. The SMILES string of the molecule is CCc1nnc(CN(CC)C2CCC(N)CC2)o1. The molecule has 1 aromatic rings. The van der Waals surface area contributed by atoms with Crippen LogP contribution in [0.2, 0.25) is 0 Å². The van der Waals surface area contributed by atoms with Crippen molar-refractivity contribution < 1.29 is 4.42 Å². The highest BCUT2D eigenvalue weighted by Crippen LogP contribution is 2.23. The van der Waals surface area contributed by atoms with Crippen LogP contribution < -0.4 is 5.73 Å². The molecule has 0 amide bonds. The first-order chi connectivity index (χ1) is 8.72. The number of aromatic nitrogens is 2. The first kappa shape index (κ1) is 13.5. The Bertz CT molecular complexity index is 358. The molecule has 5 heteroatoms. The minimum absolute atomic E-state index is 0.398. The molecule has 1 fully saturated rings. The Balaban J connectivity index is 1.92. The molecule has 0 aliphatic heterocycles. The van der Waals surface area contributed by atoms with Gasteiger partial charge in [0.15, 0.2) is 0 Å². The maximum absolute atomic E-state index is 5.95. The Hall–Kier alpha value is -0.940. The van der Waals surface area contributed by atoms with Crippen molar-refractivity contribution in [1.29, 1.82) is 0 Å². The lowest BCUT2D eigenvalue weighted by Crippen LogP contribution is -2.40.